The second-order valence-electron chi connectivity index (χ2n) is 5.46. The molecule has 6 nitrogen and oxygen atoms in total. The third-order valence-electron chi connectivity index (χ3n) is 2.53. The molecule has 0 fully saturated rings. The zero-order chi connectivity index (χ0) is 15.1. The first-order chi connectivity index (χ1) is 8.69. The molecule has 0 aromatic rings. The van der Waals surface area contributed by atoms with Crippen LogP contribution in [0.2, 0.25) is 0 Å². The Morgan fingerprint density at radius 3 is 2.16 bits per heavy atom. The number of hydrogen-bond donors (Lipinski definition) is 3. The molecule has 2 unspecified atom stereocenters. The Bertz CT molecular complexity index is 300. The highest BCUT2D eigenvalue weighted by molar-refractivity contribution is 5.73. The predicted molar refractivity (Wildman–Crippen MR) is 73.2 cm³/mol. The minimum Gasteiger partial charge on any atom is -0.480 e. The fraction of sp³-hybridized carbons (Fsp3) is 0.846. The summed E-state index contributed by atoms with van der Waals surface area (Å²) < 4.78 is 5.16. The zero-order valence-corrected chi connectivity index (χ0v) is 12.4. The Morgan fingerprint density at radius 2 is 1.79 bits per heavy atom. The molecule has 0 spiro atoms. The molecule has 3 N–H and O–H groups in total. The van der Waals surface area contributed by atoms with E-state index < -0.39 is 23.7 Å². The topological polar surface area (TPSA) is 87.7 Å². The van der Waals surface area contributed by atoms with E-state index in [1.54, 1.807) is 27.7 Å². The Morgan fingerprint density at radius 1 is 1.21 bits per heavy atom. The number of nitrogens with one attached hydrogen (secondary N) is 2. The fourth-order valence-corrected chi connectivity index (χ4v) is 1.46. The van der Waals surface area contributed by atoms with Gasteiger partial charge in [-0.05, 0) is 33.6 Å². The maximum atomic E-state index is 11.6. The Balaban J connectivity index is 4.21. The summed E-state index contributed by atoms with van der Waals surface area (Å²) in [6, 6.07) is -0.738. The maximum Gasteiger partial charge on any atom is 0.407 e. The van der Waals surface area contributed by atoms with Crippen molar-refractivity contribution in [2.24, 2.45) is 0 Å². The molecule has 0 aromatic heterocycles. The number of alkyl carbamates (subject to hydrolysis) is 1. The number of hydrogen-bond acceptors (Lipinski definition) is 4. The van der Waals surface area contributed by atoms with Gasteiger partial charge < -0.3 is 20.5 Å². The van der Waals surface area contributed by atoms with Gasteiger partial charge in [0.15, 0.2) is 0 Å². The zero-order valence-electron chi connectivity index (χ0n) is 12.4. The number of aliphatic carboxylic acids is 1. The molecule has 1 amide bonds. The molecule has 0 rings (SSSR count). The predicted octanol–water partition coefficient (Wildman–Crippen LogP) is 1.74. The highest BCUT2D eigenvalue weighted by Crippen LogP contribution is 2.07. The van der Waals surface area contributed by atoms with Crippen LogP contribution in [-0.2, 0) is 9.53 Å². The summed E-state index contributed by atoms with van der Waals surface area (Å²) in [7, 11) is 0. The van der Waals surface area contributed by atoms with Gasteiger partial charge in [0.25, 0.3) is 0 Å². The quantitative estimate of drug-likeness (QED) is 0.658. The Kier molecular flexibility index (Phi) is 7.44. The van der Waals surface area contributed by atoms with Gasteiger partial charge in [-0.25, -0.2) is 4.79 Å². The van der Waals surface area contributed by atoms with Crippen molar-refractivity contribution in [3.8, 4) is 0 Å². The number of carbonyl (C=O) groups is 2. The molecule has 0 aliphatic heterocycles. The number of rotatable bonds is 7. The lowest BCUT2D eigenvalue weighted by atomic mass is 10.2. The van der Waals surface area contributed by atoms with E-state index in [1.807, 2.05) is 6.92 Å². The van der Waals surface area contributed by atoms with Crippen molar-refractivity contribution in [3.05, 3.63) is 0 Å². The summed E-state index contributed by atoms with van der Waals surface area (Å²) in [5.41, 5.74) is -0.539. The molecule has 0 aliphatic carbocycles. The molecule has 0 radical (unpaired) electrons. The van der Waals surface area contributed by atoms with Gasteiger partial charge in [0.2, 0.25) is 0 Å². The molecule has 0 saturated heterocycles. The van der Waals surface area contributed by atoms with E-state index in [9.17, 15) is 9.59 Å². The van der Waals surface area contributed by atoms with E-state index in [0.29, 0.717) is 19.4 Å². The van der Waals surface area contributed by atoms with E-state index in [4.69, 9.17) is 9.84 Å². The highest BCUT2D eigenvalue weighted by Gasteiger charge is 2.20. The van der Waals surface area contributed by atoms with Gasteiger partial charge in [0.05, 0.1) is 0 Å². The van der Waals surface area contributed by atoms with E-state index in [0.717, 1.165) is 0 Å². The molecule has 0 aromatic carbocycles. The van der Waals surface area contributed by atoms with Crippen molar-refractivity contribution < 1.29 is 19.4 Å². The maximum absolute atomic E-state index is 11.6. The third kappa shape index (κ3) is 8.42. The standard InChI is InChI=1S/C13H26N2O4/c1-6-9(8-14-10(7-2)11(16)17)15-12(18)19-13(3,4)5/h9-10,14H,6-8H2,1-5H3,(H,15,18)(H,16,17). The van der Waals surface area contributed by atoms with Crippen LogP contribution in [0, 0.1) is 0 Å². The summed E-state index contributed by atoms with van der Waals surface area (Å²) in [6.45, 7) is 9.51. The SMILES string of the molecule is CCC(CNC(CC)C(=O)O)NC(=O)OC(C)(C)C. The lowest BCUT2D eigenvalue weighted by Gasteiger charge is -2.24. The monoisotopic (exact) mass is 274 g/mol. The van der Waals surface area contributed by atoms with Gasteiger partial charge in [-0.3, -0.25) is 4.79 Å². The molecule has 112 valence electrons. The Hall–Kier alpha value is -1.30. The van der Waals surface area contributed by atoms with E-state index >= 15 is 0 Å². The summed E-state index contributed by atoms with van der Waals surface area (Å²) in [4.78, 5) is 22.5. The van der Waals surface area contributed by atoms with Gasteiger partial charge in [0, 0.05) is 12.6 Å². The summed E-state index contributed by atoms with van der Waals surface area (Å²) in [5, 5.41) is 14.6. The molecular formula is C13H26N2O4. The smallest absolute Gasteiger partial charge is 0.407 e. The van der Waals surface area contributed by atoms with Crippen LogP contribution in [0.5, 0.6) is 0 Å². The first-order valence-electron chi connectivity index (χ1n) is 6.65. The van der Waals surface area contributed by atoms with Crippen LogP contribution in [0.1, 0.15) is 47.5 Å². The first kappa shape index (κ1) is 17.7. The fourth-order valence-electron chi connectivity index (χ4n) is 1.46. The normalized spacial score (nSPS) is 14.6. The van der Waals surface area contributed by atoms with Crippen LogP contribution in [0.3, 0.4) is 0 Å². The number of ether oxygens (including phenoxy) is 1. The summed E-state index contributed by atoms with van der Waals surface area (Å²) in [5.74, 6) is -0.880. The van der Waals surface area contributed by atoms with Crippen LogP contribution in [0.25, 0.3) is 0 Å². The summed E-state index contributed by atoms with van der Waals surface area (Å²) in [6.07, 6.45) is 0.713. The highest BCUT2D eigenvalue weighted by atomic mass is 16.6. The van der Waals surface area contributed by atoms with Crippen molar-refractivity contribution in [2.45, 2.75) is 65.1 Å². The van der Waals surface area contributed by atoms with Crippen LogP contribution >= 0.6 is 0 Å². The van der Waals surface area contributed by atoms with Crippen molar-refractivity contribution in [1.29, 1.82) is 0 Å². The van der Waals surface area contributed by atoms with Gasteiger partial charge in [-0.15, -0.1) is 0 Å². The van der Waals surface area contributed by atoms with E-state index in [1.165, 1.54) is 0 Å². The number of carbonyl (C=O) groups excluding carboxylic acids is 1. The second kappa shape index (κ2) is 7.99. The van der Waals surface area contributed by atoms with E-state index in [-0.39, 0.29) is 6.04 Å². The van der Waals surface area contributed by atoms with Crippen LogP contribution in [-0.4, -0.2) is 41.4 Å². The molecule has 0 saturated carbocycles. The largest absolute Gasteiger partial charge is 0.480 e. The van der Waals surface area contributed by atoms with Crippen molar-refractivity contribution in [2.75, 3.05) is 6.54 Å². The lowest BCUT2D eigenvalue weighted by Crippen LogP contribution is -2.47. The van der Waals surface area contributed by atoms with Crippen molar-refractivity contribution >= 4 is 12.1 Å². The van der Waals surface area contributed by atoms with Crippen molar-refractivity contribution in [3.63, 3.8) is 0 Å². The minimum absolute atomic E-state index is 0.150. The summed E-state index contributed by atoms with van der Waals surface area (Å²) >= 11 is 0. The molecule has 0 heterocycles. The van der Waals surface area contributed by atoms with Crippen molar-refractivity contribution in [1.82, 2.24) is 10.6 Å². The van der Waals surface area contributed by atoms with Gasteiger partial charge in [0.1, 0.15) is 11.6 Å². The lowest BCUT2D eigenvalue weighted by molar-refractivity contribution is -0.139. The molecule has 6 heteroatoms. The third-order valence-corrected chi connectivity index (χ3v) is 2.53. The van der Waals surface area contributed by atoms with Gasteiger partial charge >= 0.3 is 12.1 Å². The number of amides is 1. The van der Waals surface area contributed by atoms with Gasteiger partial charge in [-0.1, -0.05) is 13.8 Å². The molecule has 0 aliphatic rings. The Labute approximate surface area is 114 Å². The minimum atomic E-state index is -0.880. The number of carboxylic acid groups (broad SMARTS) is 1. The average molecular weight is 274 g/mol. The molecule has 0 bridgehead atoms. The second-order valence-corrected chi connectivity index (χ2v) is 5.46. The number of carboxylic acids is 1. The van der Waals surface area contributed by atoms with Crippen LogP contribution < -0.4 is 10.6 Å². The average Bonchev–Trinajstić information content (AvgIpc) is 2.25. The first-order valence-corrected chi connectivity index (χ1v) is 6.65. The molecule has 2 atom stereocenters. The van der Waals surface area contributed by atoms with Crippen LogP contribution in [0.15, 0.2) is 0 Å². The molecule has 19 heavy (non-hydrogen) atoms. The van der Waals surface area contributed by atoms with Crippen LogP contribution in [0.4, 0.5) is 4.79 Å². The molecular weight excluding hydrogens is 248 g/mol. The van der Waals surface area contributed by atoms with E-state index in [2.05, 4.69) is 10.6 Å². The van der Waals surface area contributed by atoms with Gasteiger partial charge in [-0.2, -0.15) is 0 Å².